The van der Waals surface area contributed by atoms with Gasteiger partial charge in [-0.05, 0) is 13.1 Å². The van der Waals surface area contributed by atoms with Crippen LogP contribution in [0.4, 0.5) is 4.39 Å². The van der Waals surface area contributed by atoms with E-state index < -0.39 is 11.6 Å². The number of ether oxygens (including phenoxy) is 1. The van der Waals surface area contributed by atoms with Crippen LogP contribution in [0.25, 0.3) is 0 Å². The number of rotatable bonds is 4. The molecule has 1 rings (SSSR count). The molecule has 0 saturated carbocycles. The van der Waals surface area contributed by atoms with Gasteiger partial charge in [0.2, 0.25) is 5.88 Å². The molecular formula is C9H11FN2O2. The summed E-state index contributed by atoms with van der Waals surface area (Å²) in [4.78, 5) is 15.0. The molecule has 76 valence electrons. The number of Topliss-reactive ketones (excluding diaryl/α,β-unsaturated/α-hetero) is 1. The molecule has 14 heavy (non-hydrogen) atoms. The van der Waals surface area contributed by atoms with Crippen molar-refractivity contribution in [2.24, 2.45) is 0 Å². The van der Waals surface area contributed by atoms with Crippen molar-refractivity contribution >= 4 is 5.78 Å². The van der Waals surface area contributed by atoms with Crippen LogP contribution in [0.5, 0.6) is 5.88 Å². The number of nitrogens with one attached hydrogen (secondary N) is 1. The molecule has 0 radical (unpaired) electrons. The first-order valence-electron chi connectivity index (χ1n) is 4.07. The summed E-state index contributed by atoms with van der Waals surface area (Å²) < 4.78 is 17.9. The minimum Gasteiger partial charge on any atom is -0.481 e. The van der Waals surface area contributed by atoms with Crippen molar-refractivity contribution in [2.75, 3.05) is 20.7 Å². The van der Waals surface area contributed by atoms with Crippen LogP contribution < -0.4 is 10.1 Å². The lowest BCUT2D eigenvalue weighted by Gasteiger charge is -2.03. The van der Waals surface area contributed by atoms with Gasteiger partial charge in [0.05, 0.1) is 13.7 Å². The molecule has 0 aliphatic heterocycles. The first-order chi connectivity index (χ1) is 6.69. The molecule has 4 nitrogen and oxygen atoms in total. The van der Waals surface area contributed by atoms with Crippen LogP contribution in [-0.2, 0) is 0 Å². The summed E-state index contributed by atoms with van der Waals surface area (Å²) in [6, 6.07) is 2.53. The Hall–Kier alpha value is -1.49. The Bertz CT molecular complexity index is 342. The summed E-state index contributed by atoms with van der Waals surface area (Å²) in [6.45, 7) is 0.0527. The minimum atomic E-state index is -0.633. The lowest BCUT2D eigenvalue weighted by atomic mass is 10.2. The third-order valence-electron chi connectivity index (χ3n) is 1.63. The van der Waals surface area contributed by atoms with Crippen molar-refractivity contribution in [3.8, 4) is 5.88 Å². The SMILES string of the molecule is CNCC(=O)c1nc(OC)ccc1F. The highest BCUT2D eigenvalue weighted by Crippen LogP contribution is 2.11. The highest BCUT2D eigenvalue weighted by molar-refractivity contribution is 5.96. The van der Waals surface area contributed by atoms with Crippen LogP contribution >= 0.6 is 0 Å². The van der Waals surface area contributed by atoms with Gasteiger partial charge in [-0.2, -0.15) is 0 Å². The second kappa shape index (κ2) is 4.66. The molecule has 0 saturated heterocycles. The molecule has 5 heteroatoms. The standard InChI is InChI=1S/C9H11FN2O2/c1-11-5-7(13)9-6(10)3-4-8(12-9)14-2/h3-4,11H,5H2,1-2H3. The second-order valence-electron chi connectivity index (χ2n) is 2.64. The molecule has 0 fully saturated rings. The Kier molecular flexibility index (Phi) is 3.53. The number of likely N-dealkylation sites (N-methyl/N-ethyl adjacent to an activating group) is 1. The number of nitrogens with zero attached hydrogens (tertiary/aromatic N) is 1. The summed E-state index contributed by atoms with van der Waals surface area (Å²) in [5.74, 6) is -0.805. The minimum absolute atomic E-state index is 0.0527. The van der Waals surface area contributed by atoms with Gasteiger partial charge in [0.1, 0.15) is 5.69 Å². The molecule has 0 aliphatic rings. The molecule has 0 atom stereocenters. The largest absolute Gasteiger partial charge is 0.481 e. The molecule has 0 aromatic carbocycles. The molecule has 0 unspecified atom stereocenters. The molecule has 1 aromatic heterocycles. The number of aromatic nitrogens is 1. The van der Waals surface area contributed by atoms with Crippen LogP contribution in [-0.4, -0.2) is 31.5 Å². The Labute approximate surface area is 81.1 Å². The van der Waals surface area contributed by atoms with E-state index in [9.17, 15) is 9.18 Å². The molecule has 1 aromatic rings. The number of carbonyl (C=O) groups is 1. The number of hydrogen-bond donors (Lipinski definition) is 1. The van der Waals surface area contributed by atoms with Crippen molar-refractivity contribution < 1.29 is 13.9 Å². The smallest absolute Gasteiger partial charge is 0.213 e. The summed E-state index contributed by atoms with van der Waals surface area (Å²) >= 11 is 0. The third kappa shape index (κ3) is 2.26. The van der Waals surface area contributed by atoms with E-state index >= 15 is 0 Å². The first kappa shape index (κ1) is 10.6. The third-order valence-corrected chi connectivity index (χ3v) is 1.63. The number of ketones is 1. The number of hydrogen-bond acceptors (Lipinski definition) is 4. The quantitative estimate of drug-likeness (QED) is 0.721. The summed E-state index contributed by atoms with van der Waals surface area (Å²) in [5.41, 5.74) is -0.196. The maximum Gasteiger partial charge on any atom is 0.213 e. The molecular weight excluding hydrogens is 187 g/mol. The van der Waals surface area contributed by atoms with Gasteiger partial charge < -0.3 is 10.1 Å². The maximum atomic E-state index is 13.1. The lowest BCUT2D eigenvalue weighted by Crippen LogP contribution is -2.20. The second-order valence-corrected chi connectivity index (χ2v) is 2.64. The van der Waals surface area contributed by atoms with E-state index in [1.807, 2.05) is 0 Å². The van der Waals surface area contributed by atoms with Gasteiger partial charge in [-0.1, -0.05) is 0 Å². The van der Waals surface area contributed by atoms with Gasteiger partial charge in [0, 0.05) is 6.07 Å². The number of pyridine rings is 1. The predicted octanol–water partition coefficient (Wildman–Crippen LogP) is 0.631. The van der Waals surface area contributed by atoms with E-state index in [1.165, 1.54) is 13.2 Å². The lowest BCUT2D eigenvalue weighted by molar-refractivity contribution is 0.0983. The number of carbonyl (C=O) groups excluding carboxylic acids is 1. The Morgan fingerprint density at radius 3 is 2.93 bits per heavy atom. The summed E-state index contributed by atoms with van der Waals surface area (Å²) in [7, 11) is 3.02. The zero-order chi connectivity index (χ0) is 10.6. The van der Waals surface area contributed by atoms with Gasteiger partial charge >= 0.3 is 0 Å². The molecule has 1 heterocycles. The number of methoxy groups -OCH3 is 1. The van der Waals surface area contributed by atoms with Gasteiger partial charge in [0.25, 0.3) is 0 Å². The van der Waals surface area contributed by atoms with Crippen molar-refractivity contribution in [3.05, 3.63) is 23.6 Å². The first-order valence-corrected chi connectivity index (χ1v) is 4.07. The Morgan fingerprint density at radius 2 is 2.36 bits per heavy atom. The van der Waals surface area contributed by atoms with Crippen LogP contribution in [0.15, 0.2) is 12.1 Å². The Balaban J connectivity index is 2.99. The fourth-order valence-electron chi connectivity index (χ4n) is 0.978. The zero-order valence-corrected chi connectivity index (χ0v) is 8.00. The van der Waals surface area contributed by atoms with Crippen molar-refractivity contribution in [3.63, 3.8) is 0 Å². The van der Waals surface area contributed by atoms with E-state index in [-0.39, 0.29) is 18.1 Å². The van der Waals surface area contributed by atoms with Crippen molar-refractivity contribution in [2.45, 2.75) is 0 Å². The molecule has 0 bridgehead atoms. The number of halogens is 1. The van der Waals surface area contributed by atoms with Gasteiger partial charge in [-0.25, -0.2) is 9.37 Å². The average Bonchev–Trinajstić information content (AvgIpc) is 2.19. The summed E-state index contributed by atoms with van der Waals surface area (Å²) in [6.07, 6.45) is 0. The average molecular weight is 198 g/mol. The molecule has 0 aliphatic carbocycles. The van der Waals surface area contributed by atoms with Crippen LogP contribution in [0.3, 0.4) is 0 Å². The topological polar surface area (TPSA) is 51.2 Å². The van der Waals surface area contributed by atoms with Gasteiger partial charge in [0.15, 0.2) is 11.6 Å². The van der Waals surface area contributed by atoms with Gasteiger partial charge in [-0.15, -0.1) is 0 Å². The van der Waals surface area contributed by atoms with E-state index in [0.717, 1.165) is 6.07 Å². The predicted molar refractivity (Wildman–Crippen MR) is 49.0 cm³/mol. The van der Waals surface area contributed by atoms with Crippen LogP contribution in [0, 0.1) is 5.82 Å². The van der Waals surface area contributed by atoms with E-state index in [1.54, 1.807) is 7.05 Å². The molecule has 1 N–H and O–H groups in total. The highest BCUT2D eigenvalue weighted by atomic mass is 19.1. The van der Waals surface area contributed by atoms with E-state index in [2.05, 4.69) is 10.3 Å². The molecule has 0 amide bonds. The Morgan fingerprint density at radius 1 is 1.64 bits per heavy atom. The molecule has 0 spiro atoms. The highest BCUT2D eigenvalue weighted by Gasteiger charge is 2.13. The monoisotopic (exact) mass is 198 g/mol. The fourth-order valence-corrected chi connectivity index (χ4v) is 0.978. The van der Waals surface area contributed by atoms with Crippen LogP contribution in [0.2, 0.25) is 0 Å². The zero-order valence-electron chi connectivity index (χ0n) is 8.00. The normalized spacial score (nSPS) is 9.93. The van der Waals surface area contributed by atoms with E-state index in [0.29, 0.717) is 0 Å². The summed E-state index contributed by atoms with van der Waals surface area (Å²) in [5, 5.41) is 2.63. The van der Waals surface area contributed by atoms with Crippen molar-refractivity contribution in [1.82, 2.24) is 10.3 Å². The maximum absolute atomic E-state index is 13.1. The fraction of sp³-hybridized carbons (Fsp3) is 0.333. The van der Waals surface area contributed by atoms with E-state index in [4.69, 9.17) is 4.74 Å². The van der Waals surface area contributed by atoms with Gasteiger partial charge in [-0.3, -0.25) is 4.79 Å². The van der Waals surface area contributed by atoms with Crippen molar-refractivity contribution in [1.29, 1.82) is 0 Å². The van der Waals surface area contributed by atoms with Crippen LogP contribution in [0.1, 0.15) is 10.5 Å².